The summed E-state index contributed by atoms with van der Waals surface area (Å²) in [6.45, 7) is 5.76. The van der Waals surface area contributed by atoms with Crippen molar-refractivity contribution in [1.29, 1.82) is 5.26 Å². The van der Waals surface area contributed by atoms with Crippen molar-refractivity contribution in [2.45, 2.75) is 43.6 Å². The van der Waals surface area contributed by atoms with Gasteiger partial charge in [0.2, 0.25) is 5.91 Å². The standard InChI is InChI=1S/C22H22N4O2S/c1-4-14(2)26-21(28)18-10-5-6-11-19(18)25-22(26)29-15(3)20(27)24-17-9-7-8-16(12-17)13-23/h5-12,14-15H,4H2,1-3H3,(H,24,27)/t14-,15+/m0/s1. The quantitative estimate of drug-likeness (QED) is 0.485. The number of carbonyl (C=O) groups excluding carboxylic acids is 1. The molecular formula is C22H22N4O2S. The van der Waals surface area contributed by atoms with Crippen LogP contribution in [0.2, 0.25) is 0 Å². The number of nitriles is 1. The van der Waals surface area contributed by atoms with E-state index in [4.69, 9.17) is 5.26 Å². The van der Waals surface area contributed by atoms with Gasteiger partial charge in [0.05, 0.1) is 27.8 Å². The Morgan fingerprint density at radius 3 is 2.72 bits per heavy atom. The number of thioether (sulfide) groups is 1. The lowest BCUT2D eigenvalue weighted by molar-refractivity contribution is -0.115. The smallest absolute Gasteiger partial charge is 0.262 e. The molecule has 0 fully saturated rings. The summed E-state index contributed by atoms with van der Waals surface area (Å²) in [5, 5.41) is 12.5. The molecule has 2 aromatic carbocycles. The van der Waals surface area contributed by atoms with E-state index in [1.165, 1.54) is 11.8 Å². The van der Waals surface area contributed by atoms with Crippen molar-refractivity contribution in [1.82, 2.24) is 9.55 Å². The third-order valence-corrected chi connectivity index (χ3v) is 5.78. The molecule has 0 spiro atoms. The van der Waals surface area contributed by atoms with Crippen LogP contribution in [0.15, 0.2) is 58.5 Å². The van der Waals surface area contributed by atoms with Gasteiger partial charge in [-0.25, -0.2) is 4.98 Å². The third-order valence-electron chi connectivity index (χ3n) is 4.72. The van der Waals surface area contributed by atoms with Crippen LogP contribution in [0.25, 0.3) is 10.9 Å². The maximum Gasteiger partial charge on any atom is 0.262 e. The van der Waals surface area contributed by atoms with Crippen molar-refractivity contribution in [2.24, 2.45) is 0 Å². The van der Waals surface area contributed by atoms with Crippen LogP contribution in [-0.2, 0) is 4.79 Å². The summed E-state index contributed by atoms with van der Waals surface area (Å²) in [4.78, 5) is 30.4. The van der Waals surface area contributed by atoms with Crippen molar-refractivity contribution in [2.75, 3.05) is 5.32 Å². The number of fused-ring (bicyclic) bond motifs is 1. The van der Waals surface area contributed by atoms with Gasteiger partial charge in [0.15, 0.2) is 5.16 Å². The molecule has 0 unspecified atom stereocenters. The number of carbonyl (C=O) groups is 1. The van der Waals surface area contributed by atoms with E-state index in [0.29, 0.717) is 27.3 Å². The molecule has 1 heterocycles. The van der Waals surface area contributed by atoms with Crippen LogP contribution in [-0.4, -0.2) is 20.7 Å². The topological polar surface area (TPSA) is 87.8 Å². The number of rotatable bonds is 6. The second kappa shape index (κ2) is 8.93. The zero-order valence-electron chi connectivity index (χ0n) is 16.5. The van der Waals surface area contributed by atoms with Crippen LogP contribution < -0.4 is 10.9 Å². The Labute approximate surface area is 173 Å². The molecule has 29 heavy (non-hydrogen) atoms. The molecule has 1 N–H and O–H groups in total. The Hall–Kier alpha value is -3.11. The molecule has 0 aliphatic heterocycles. The number of benzene rings is 2. The molecular weight excluding hydrogens is 384 g/mol. The minimum atomic E-state index is -0.482. The molecule has 7 heteroatoms. The monoisotopic (exact) mass is 406 g/mol. The number of para-hydroxylation sites is 1. The summed E-state index contributed by atoms with van der Waals surface area (Å²) in [5.41, 5.74) is 1.56. The van der Waals surface area contributed by atoms with Crippen LogP contribution in [0.3, 0.4) is 0 Å². The maximum absolute atomic E-state index is 13.0. The number of hydrogen-bond acceptors (Lipinski definition) is 5. The fourth-order valence-corrected chi connectivity index (χ4v) is 3.91. The first kappa shape index (κ1) is 20.6. The third kappa shape index (κ3) is 4.49. The highest BCUT2D eigenvalue weighted by Gasteiger charge is 2.21. The van der Waals surface area contributed by atoms with Gasteiger partial charge in [-0.05, 0) is 50.6 Å². The number of nitrogens with zero attached hydrogens (tertiary/aromatic N) is 3. The first-order valence-electron chi connectivity index (χ1n) is 9.43. The summed E-state index contributed by atoms with van der Waals surface area (Å²) >= 11 is 1.26. The molecule has 0 aliphatic carbocycles. The van der Waals surface area contributed by atoms with Crippen LogP contribution in [0.1, 0.15) is 38.8 Å². The summed E-state index contributed by atoms with van der Waals surface area (Å²) in [5.74, 6) is -0.219. The molecule has 6 nitrogen and oxygen atoms in total. The maximum atomic E-state index is 13.0. The summed E-state index contributed by atoms with van der Waals surface area (Å²) in [6, 6.07) is 16.0. The summed E-state index contributed by atoms with van der Waals surface area (Å²) < 4.78 is 1.67. The van der Waals surface area contributed by atoms with E-state index in [9.17, 15) is 9.59 Å². The fraction of sp³-hybridized carbons (Fsp3) is 0.273. The molecule has 148 valence electrons. The second-order valence-electron chi connectivity index (χ2n) is 6.79. The second-order valence-corrected chi connectivity index (χ2v) is 8.09. The van der Waals surface area contributed by atoms with Crippen LogP contribution in [0, 0.1) is 11.3 Å². The van der Waals surface area contributed by atoms with Crippen molar-refractivity contribution < 1.29 is 4.79 Å². The van der Waals surface area contributed by atoms with Gasteiger partial charge >= 0.3 is 0 Å². The Bertz CT molecular complexity index is 1150. The van der Waals surface area contributed by atoms with E-state index < -0.39 is 5.25 Å². The molecule has 0 aliphatic rings. The molecule has 0 radical (unpaired) electrons. The van der Waals surface area contributed by atoms with Gasteiger partial charge in [0, 0.05) is 11.7 Å². The first-order chi connectivity index (χ1) is 13.9. The molecule has 0 bridgehead atoms. The molecule has 2 atom stereocenters. The molecule has 3 aromatic rings. The minimum absolute atomic E-state index is 0.0373. The highest BCUT2D eigenvalue weighted by atomic mass is 32.2. The van der Waals surface area contributed by atoms with Crippen molar-refractivity contribution in [3.63, 3.8) is 0 Å². The van der Waals surface area contributed by atoms with E-state index >= 15 is 0 Å². The van der Waals surface area contributed by atoms with Crippen molar-refractivity contribution >= 4 is 34.3 Å². The molecule has 3 rings (SSSR count). The lowest BCUT2D eigenvalue weighted by atomic mass is 10.2. The zero-order valence-corrected chi connectivity index (χ0v) is 17.4. The molecule has 1 amide bonds. The summed E-state index contributed by atoms with van der Waals surface area (Å²) in [7, 11) is 0. The normalized spacial score (nSPS) is 12.9. The average Bonchev–Trinajstić information content (AvgIpc) is 2.73. The van der Waals surface area contributed by atoms with Gasteiger partial charge < -0.3 is 5.32 Å². The van der Waals surface area contributed by atoms with Crippen molar-refractivity contribution in [3.05, 3.63) is 64.4 Å². The van der Waals surface area contributed by atoms with Gasteiger partial charge in [0.1, 0.15) is 0 Å². The van der Waals surface area contributed by atoms with Gasteiger partial charge in [-0.1, -0.05) is 36.9 Å². The molecule has 0 saturated carbocycles. The Morgan fingerprint density at radius 1 is 1.24 bits per heavy atom. The highest BCUT2D eigenvalue weighted by molar-refractivity contribution is 8.00. The largest absolute Gasteiger partial charge is 0.325 e. The fourth-order valence-electron chi connectivity index (χ4n) is 2.90. The van der Waals surface area contributed by atoms with Crippen LogP contribution in [0.4, 0.5) is 5.69 Å². The Balaban J connectivity index is 1.90. The minimum Gasteiger partial charge on any atom is -0.325 e. The summed E-state index contributed by atoms with van der Waals surface area (Å²) in [6.07, 6.45) is 0.773. The number of aromatic nitrogens is 2. The average molecular weight is 407 g/mol. The number of hydrogen-bond donors (Lipinski definition) is 1. The number of nitrogens with one attached hydrogen (secondary N) is 1. The Kier molecular flexibility index (Phi) is 6.35. The SMILES string of the molecule is CC[C@H](C)n1c(S[C@H](C)C(=O)Nc2cccc(C#N)c2)nc2ccccc2c1=O. The number of amides is 1. The molecule has 1 aromatic heterocycles. The molecule has 0 saturated heterocycles. The number of anilines is 1. The predicted molar refractivity (Wildman–Crippen MR) is 116 cm³/mol. The van der Waals surface area contributed by atoms with Crippen molar-refractivity contribution in [3.8, 4) is 6.07 Å². The van der Waals surface area contributed by atoms with Gasteiger partial charge in [-0.2, -0.15) is 5.26 Å². The van der Waals surface area contributed by atoms with E-state index in [-0.39, 0.29) is 17.5 Å². The van der Waals surface area contributed by atoms with E-state index in [0.717, 1.165) is 6.42 Å². The van der Waals surface area contributed by atoms with Crippen LogP contribution in [0.5, 0.6) is 0 Å². The van der Waals surface area contributed by atoms with Crippen LogP contribution >= 0.6 is 11.8 Å². The van der Waals surface area contributed by atoms with Gasteiger partial charge in [0.25, 0.3) is 5.56 Å². The van der Waals surface area contributed by atoms with E-state index in [1.807, 2.05) is 26.0 Å². The first-order valence-corrected chi connectivity index (χ1v) is 10.3. The van der Waals surface area contributed by atoms with E-state index in [1.54, 1.807) is 47.9 Å². The van der Waals surface area contributed by atoms with Gasteiger partial charge in [-0.3, -0.25) is 14.2 Å². The lowest BCUT2D eigenvalue weighted by Gasteiger charge is -2.20. The van der Waals surface area contributed by atoms with Gasteiger partial charge in [-0.15, -0.1) is 0 Å². The Morgan fingerprint density at radius 2 is 2.00 bits per heavy atom. The lowest BCUT2D eigenvalue weighted by Crippen LogP contribution is -2.28. The highest BCUT2D eigenvalue weighted by Crippen LogP contribution is 2.26. The van der Waals surface area contributed by atoms with E-state index in [2.05, 4.69) is 16.4 Å². The zero-order chi connectivity index (χ0) is 21.0. The predicted octanol–water partition coefficient (Wildman–Crippen LogP) is 4.36.